The van der Waals surface area contributed by atoms with Crippen LogP contribution in [0.15, 0.2) is 4.52 Å². The minimum Gasteiger partial charge on any atom is -0.361 e. The van der Waals surface area contributed by atoms with Crippen LogP contribution in [-0.4, -0.2) is 11.1 Å². The molecule has 0 unspecified atom stereocenters. The third kappa shape index (κ3) is 2.69. The lowest BCUT2D eigenvalue weighted by molar-refractivity contribution is 0.102. The Morgan fingerprint density at radius 2 is 2.10 bits per heavy atom. The van der Waals surface area contributed by atoms with Gasteiger partial charge in [-0.1, -0.05) is 19.0 Å². The Balaban J connectivity index is 2.37. The molecule has 0 fully saturated rings. The van der Waals surface area contributed by atoms with Crippen LogP contribution in [0.2, 0.25) is 0 Å². The molecule has 6 heteroatoms. The van der Waals surface area contributed by atoms with Gasteiger partial charge in [-0.3, -0.25) is 4.79 Å². The van der Waals surface area contributed by atoms with Crippen molar-refractivity contribution in [1.29, 1.82) is 5.26 Å². The molecule has 0 aliphatic rings. The van der Waals surface area contributed by atoms with Gasteiger partial charge in [0.05, 0.1) is 11.3 Å². The lowest BCUT2D eigenvalue weighted by Gasteiger charge is -2.03. The Bertz CT molecular complexity index is 722. The van der Waals surface area contributed by atoms with E-state index in [-0.39, 0.29) is 5.91 Å². The number of carbonyl (C=O) groups excluding carboxylic acids is 1. The van der Waals surface area contributed by atoms with E-state index >= 15 is 0 Å². The second kappa shape index (κ2) is 6.10. The van der Waals surface area contributed by atoms with Gasteiger partial charge in [0.2, 0.25) is 0 Å². The summed E-state index contributed by atoms with van der Waals surface area (Å²) in [6, 6.07) is 2.19. The predicted octanol–water partition coefficient (Wildman–Crippen LogP) is 3.60. The summed E-state index contributed by atoms with van der Waals surface area (Å²) >= 11 is 1.43. The van der Waals surface area contributed by atoms with Crippen LogP contribution in [0.3, 0.4) is 0 Å². The van der Waals surface area contributed by atoms with E-state index in [0.717, 1.165) is 16.9 Å². The van der Waals surface area contributed by atoms with Crippen LogP contribution in [0.25, 0.3) is 0 Å². The average molecular weight is 303 g/mol. The molecular formula is C15H17N3O2S. The molecule has 0 bridgehead atoms. The minimum absolute atomic E-state index is 0.272. The third-order valence-corrected chi connectivity index (χ3v) is 4.46. The maximum Gasteiger partial charge on any atom is 0.261 e. The number of nitriles is 1. The van der Waals surface area contributed by atoms with E-state index in [1.807, 2.05) is 20.8 Å². The second-order valence-corrected chi connectivity index (χ2v) is 5.90. The zero-order valence-corrected chi connectivity index (χ0v) is 13.3. The van der Waals surface area contributed by atoms with Gasteiger partial charge in [-0.2, -0.15) is 5.26 Å². The number of aryl methyl sites for hydroxylation is 3. The Hall–Kier alpha value is -2.13. The molecule has 0 radical (unpaired) electrons. The van der Waals surface area contributed by atoms with Crippen molar-refractivity contribution in [2.45, 2.75) is 40.5 Å². The number of hydrogen-bond acceptors (Lipinski definition) is 5. The number of thiophene rings is 1. The van der Waals surface area contributed by atoms with Gasteiger partial charge in [-0.15, -0.1) is 11.3 Å². The number of nitrogens with zero attached hydrogens (tertiary/aromatic N) is 2. The van der Waals surface area contributed by atoms with Gasteiger partial charge in [0.1, 0.15) is 22.4 Å². The molecule has 0 aliphatic carbocycles. The summed E-state index contributed by atoms with van der Waals surface area (Å²) in [5.74, 6) is 0.220. The normalized spacial score (nSPS) is 10.4. The molecular weight excluding hydrogens is 286 g/mol. The number of nitrogens with one attached hydrogen (secondary N) is 1. The van der Waals surface area contributed by atoms with E-state index in [4.69, 9.17) is 4.52 Å². The summed E-state index contributed by atoms with van der Waals surface area (Å²) in [7, 11) is 0. The number of aromatic nitrogens is 1. The molecule has 0 atom stereocenters. The summed E-state index contributed by atoms with van der Waals surface area (Å²) < 4.78 is 5.08. The van der Waals surface area contributed by atoms with Crippen molar-refractivity contribution < 1.29 is 9.32 Å². The van der Waals surface area contributed by atoms with Crippen LogP contribution in [0.5, 0.6) is 0 Å². The first-order chi connectivity index (χ1) is 10.0. The summed E-state index contributed by atoms with van der Waals surface area (Å²) in [6.45, 7) is 7.59. The summed E-state index contributed by atoms with van der Waals surface area (Å²) in [5, 5.41) is 16.6. The van der Waals surface area contributed by atoms with Gasteiger partial charge >= 0.3 is 0 Å². The fourth-order valence-electron chi connectivity index (χ4n) is 2.33. The lowest BCUT2D eigenvalue weighted by Crippen LogP contribution is -2.14. The van der Waals surface area contributed by atoms with Crippen molar-refractivity contribution in [1.82, 2.24) is 5.16 Å². The van der Waals surface area contributed by atoms with Crippen LogP contribution in [0.4, 0.5) is 5.00 Å². The zero-order valence-electron chi connectivity index (χ0n) is 12.5. The van der Waals surface area contributed by atoms with Crippen LogP contribution < -0.4 is 5.32 Å². The topological polar surface area (TPSA) is 78.9 Å². The van der Waals surface area contributed by atoms with E-state index in [1.54, 1.807) is 6.92 Å². The SMILES string of the molecule is CCc1noc(C)c1C(=O)Nc1sc(C)c(CC)c1C#N. The molecule has 2 heterocycles. The molecule has 2 rings (SSSR count). The Labute approximate surface area is 127 Å². The maximum absolute atomic E-state index is 12.4. The van der Waals surface area contributed by atoms with Crippen molar-refractivity contribution >= 4 is 22.2 Å². The highest BCUT2D eigenvalue weighted by Gasteiger charge is 2.22. The van der Waals surface area contributed by atoms with Crippen LogP contribution >= 0.6 is 11.3 Å². The molecule has 110 valence electrons. The molecule has 5 nitrogen and oxygen atoms in total. The highest BCUT2D eigenvalue weighted by atomic mass is 32.1. The maximum atomic E-state index is 12.4. The molecule has 0 saturated carbocycles. The smallest absolute Gasteiger partial charge is 0.261 e. The lowest BCUT2D eigenvalue weighted by atomic mass is 10.1. The van der Waals surface area contributed by atoms with Crippen molar-refractivity contribution in [2.75, 3.05) is 5.32 Å². The molecule has 1 N–H and O–H groups in total. The van der Waals surface area contributed by atoms with Crippen molar-refractivity contribution in [3.8, 4) is 6.07 Å². The summed E-state index contributed by atoms with van der Waals surface area (Å²) in [6.07, 6.45) is 1.39. The number of carbonyl (C=O) groups is 1. The van der Waals surface area contributed by atoms with E-state index in [1.165, 1.54) is 11.3 Å². The molecule has 0 aromatic carbocycles. The quantitative estimate of drug-likeness (QED) is 0.936. The predicted molar refractivity (Wildman–Crippen MR) is 81.7 cm³/mol. The van der Waals surface area contributed by atoms with Gasteiger partial charge in [0.25, 0.3) is 5.91 Å². The molecule has 0 spiro atoms. The number of anilines is 1. The first kappa shape index (κ1) is 15.3. The van der Waals surface area contributed by atoms with E-state index < -0.39 is 0 Å². The summed E-state index contributed by atoms with van der Waals surface area (Å²) in [5.41, 5.74) is 2.65. The second-order valence-electron chi connectivity index (χ2n) is 4.67. The van der Waals surface area contributed by atoms with Gasteiger partial charge < -0.3 is 9.84 Å². The number of amides is 1. The Kier molecular flexibility index (Phi) is 4.43. The highest BCUT2D eigenvalue weighted by Crippen LogP contribution is 2.33. The summed E-state index contributed by atoms with van der Waals surface area (Å²) in [4.78, 5) is 13.5. The van der Waals surface area contributed by atoms with Gasteiger partial charge in [-0.25, -0.2) is 0 Å². The van der Waals surface area contributed by atoms with Crippen molar-refractivity contribution in [3.05, 3.63) is 33.0 Å². The van der Waals surface area contributed by atoms with Gasteiger partial charge in [0, 0.05) is 4.88 Å². The fourth-order valence-corrected chi connectivity index (χ4v) is 3.42. The molecule has 2 aromatic heterocycles. The molecule has 21 heavy (non-hydrogen) atoms. The molecule has 0 saturated heterocycles. The van der Waals surface area contributed by atoms with Crippen LogP contribution in [0, 0.1) is 25.2 Å². The Morgan fingerprint density at radius 1 is 1.38 bits per heavy atom. The monoisotopic (exact) mass is 303 g/mol. The standard InChI is InChI=1S/C15H17N3O2S/c1-5-10-9(4)21-15(11(10)7-16)17-14(19)13-8(3)20-18-12(13)6-2/h5-6H2,1-4H3,(H,17,19). The van der Waals surface area contributed by atoms with Crippen molar-refractivity contribution in [2.24, 2.45) is 0 Å². The molecule has 2 aromatic rings. The van der Waals surface area contributed by atoms with E-state index in [2.05, 4.69) is 16.5 Å². The first-order valence-electron chi connectivity index (χ1n) is 6.82. The fraction of sp³-hybridized carbons (Fsp3) is 0.400. The Morgan fingerprint density at radius 3 is 2.67 bits per heavy atom. The van der Waals surface area contributed by atoms with Crippen LogP contribution in [0.1, 0.15) is 51.7 Å². The largest absolute Gasteiger partial charge is 0.361 e. The first-order valence-corrected chi connectivity index (χ1v) is 7.63. The average Bonchev–Trinajstić information content (AvgIpc) is 2.97. The van der Waals surface area contributed by atoms with E-state index in [0.29, 0.717) is 34.0 Å². The van der Waals surface area contributed by atoms with Gasteiger partial charge in [-0.05, 0) is 32.3 Å². The number of rotatable bonds is 4. The van der Waals surface area contributed by atoms with Crippen LogP contribution in [-0.2, 0) is 12.8 Å². The molecule has 1 amide bonds. The third-order valence-electron chi connectivity index (χ3n) is 3.40. The van der Waals surface area contributed by atoms with Gasteiger partial charge in [0.15, 0.2) is 0 Å². The number of hydrogen-bond donors (Lipinski definition) is 1. The molecule has 0 aliphatic heterocycles. The van der Waals surface area contributed by atoms with Crippen molar-refractivity contribution in [3.63, 3.8) is 0 Å². The highest BCUT2D eigenvalue weighted by molar-refractivity contribution is 7.16. The zero-order chi connectivity index (χ0) is 15.6. The minimum atomic E-state index is -0.272. The van der Waals surface area contributed by atoms with E-state index in [9.17, 15) is 10.1 Å².